The normalized spacial score (nSPS) is 12.1. The summed E-state index contributed by atoms with van der Waals surface area (Å²) in [5, 5.41) is 23.1. The highest BCUT2D eigenvalue weighted by atomic mass is 19.1. The van der Waals surface area contributed by atoms with Crippen molar-refractivity contribution < 1.29 is 18.7 Å². The third-order valence-corrected chi connectivity index (χ3v) is 3.61. The summed E-state index contributed by atoms with van der Waals surface area (Å²) in [4.78, 5) is 19.8. The van der Waals surface area contributed by atoms with Crippen LogP contribution in [0.4, 0.5) is 26.1 Å². The van der Waals surface area contributed by atoms with Crippen molar-refractivity contribution >= 4 is 23.2 Å². The molecule has 2 aromatic rings. The number of nitrogens with one attached hydrogen (secondary N) is 2. The molecule has 5 N–H and O–H groups in total. The van der Waals surface area contributed by atoms with Crippen LogP contribution in [-0.2, 0) is 0 Å². The zero-order chi connectivity index (χ0) is 20.2. The molecule has 0 radical (unpaired) electrons. The van der Waals surface area contributed by atoms with Gasteiger partial charge in [0.05, 0.1) is 23.3 Å². The molecule has 0 aliphatic carbocycles. The predicted octanol–water partition coefficient (Wildman–Crippen LogP) is 1.65. The molecule has 2 heterocycles. The molecule has 8 nitrogen and oxygen atoms in total. The Labute approximate surface area is 154 Å². The molecule has 142 valence electrons. The molecule has 0 saturated carbocycles. The molecule has 1 amide bonds. The number of hydrogen-bond donors (Lipinski definition) is 4. The second-order valence-electron chi connectivity index (χ2n) is 6.28. The first kappa shape index (κ1) is 20.0. The van der Waals surface area contributed by atoms with Gasteiger partial charge in [-0.05, 0) is 19.9 Å². The Bertz CT molecular complexity index is 892. The molecular weight excluding hydrogens is 358 g/mol. The fraction of sp³-hybridized carbons (Fsp3) is 0.294. The van der Waals surface area contributed by atoms with Gasteiger partial charge in [-0.15, -0.1) is 0 Å². The van der Waals surface area contributed by atoms with E-state index in [0.29, 0.717) is 0 Å². The van der Waals surface area contributed by atoms with Crippen LogP contribution in [0.25, 0.3) is 0 Å². The Balaban J connectivity index is 2.09. The van der Waals surface area contributed by atoms with E-state index in [0.717, 1.165) is 12.3 Å². The molecule has 0 aromatic carbocycles. The lowest BCUT2D eigenvalue weighted by Gasteiger charge is -2.22. The molecule has 1 atom stereocenters. The Hall–Kier alpha value is -3.32. The summed E-state index contributed by atoms with van der Waals surface area (Å²) in [6.07, 6.45) is 0.667. The van der Waals surface area contributed by atoms with Gasteiger partial charge in [-0.1, -0.05) is 0 Å². The number of nitriles is 1. The molecule has 0 aliphatic heterocycles. The van der Waals surface area contributed by atoms with E-state index in [4.69, 9.17) is 11.0 Å². The molecule has 2 rings (SSSR count). The lowest BCUT2D eigenvalue weighted by molar-refractivity contribution is -0.00177. The molecule has 2 aromatic heterocycles. The maximum absolute atomic E-state index is 13.8. The average molecular weight is 376 g/mol. The summed E-state index contributed by atoms with van der Waals surface area (Å²) in [6.45, 7) is 2.18. The number of nitrogens with zero attached hydrogens (tertiary/aromatic N) is 3. The summed E-state index contributed by atoms with van der Waals surface area (Å²) in [7, 11) is 0. The number of alkyl halides is 1. The number of carbonyl (C=O) groups is 1. The number of pyridine rings is 2. The van der Waals surface area contributed by atoms with Crippen molar-refractivity contribution in [3.05, 3.63) is 41.5 Å². The van der Waals surface area contributed by atoms with E-state index in [1.807, 2.05) is 0 Å². The van der Waals surface area contributed by atoms with Gasteiger partial charge in [0.25, 0.3) is 5.91 Å². The largest absolute Gasteiger partial charge is 0.398 e. The van der Waals surface area contributed by atoms with Gasteiger partial charge in [-0.3, -0.25) is 4.79 Å². The first-order valence-corrected chi connectivity index (χ1v) is 7.84. The maximum Gasteiger partial charge on any atom is 0.255 e. The fourth-order valence-electron chi connectivity index (χ4n) is 1.97. The lowest BCUT2D eigenvalue weighted by atomic mass is 10.0. The van der Waals surface area contributed by atoms with Crippen LogP contribution in [0.2, 0.25) is 0 Å². The van der Waals surface area contributed by atoms with Crippen LogP contribution in [0.15, 0.2) is 24.5 Å². The molecule has 0 saturated heterocycles. The van der Waals surface area contributed by atoms with Crippen LogP contribution in [0.3, 0.4) is 0 Å². The van der Waals surface area contributed by atoms with E-state index in [1.54, 1.807) is 6.07 Å². The number of aliphatic hydroxyl groups is 1. The van der Waals surface area contributed by atoms with Crippen molar-refractivity contribution in [3.63, 3.8) is 0 Å². The van der Waals surface area contributed by atoms with E-state index >= 15 is 0 Å². The third-order valence-electron chi connectivity index (χ3n) is 3.61. The van der Waals surface area contributed by atoms with Crippen LogP contribution >= 0.6 is 0 Å². The quantitative estimate of drug-likeness (QED) is 0.601. The van der Waals surface area contributed by atoms with E-state index in [9.17, 15) is 18.7 Å². The van der Waals surface area contributed by atoms with E-state index in [1.165, 1.54) is 26.1 Å². The zero-order valence-electron chi connectivity index (χ0n) is 14.6. The summed E-state index contributed by atoms with van der Waals surface area (Å²) < 4.78 is 27.5. The third kappa shape index (κ3) is 5.08. The zero-order valence-corrected chi connectivity index (χ0v) is 14.6. The maximum atomic E-state index is 13.8. The molecule has 0 spiro atoms. The number of aromatic nitrogens is 2. The Morgan fingerprint density at radius 1 is 1.41 bits per heavy atom. The summed E-state index contributed by atoms with van der Waals surface area (Å²) in [6, 6.07) is 4.06. The Kier molecular flexibility index (Phi) is 5.87. The van der Waals surface area contributed by atoms with Crippen molar-refractivity contribution in [1.82, 2.24) is 15.3 Å². The highest BCUT2D eigenvalue weighted by molar-refractivity contribution is 5.99. The van der Waals surface area contributed by atoms with Gasteiger partial charge in [-0.25, -0.2) is 18.7 Å². The van der Waals surface area contributed by atoms with Gasteiger partial charge in [0.15, 0.2) is 11.6 Å². The minimum absolute atomic E-state index is 0.00300. The number of rotatable bonds is 6. The minimum atomic E-state index is -1.66. The number of halogens is 2. The highest BCUT2D eigenvalue weighted by Crippen LogP contribution is 2.20. The van der Waals surface area contributed by atoms with Crippen LogP contribution < -0.4 is 16.4 Å². The second kappa shape index (κ2) is 7.92. The van der Waals surface area contributed by atoms with Gasteiger partial charge >= 0.3 is 0 Å². The van der Waals surface area contributed by atoms with Crippen molar-refractivity contribution in [1.29, 1.82) is 5.26 Å². The van der Waals surface area contributed by atoms with Crippen LogP contribution in [0, 0.1) is 17.1 Å². The number of nitrogens with two attached hydrogens (primary N) is 1. The molecule has 0 aliphatic rings. The van der Waals surface area contributed by atoms with Crippen molar-refractivity contribution in [3.8, 4) is 6.07 Å². The minimum Gasteiger partial charge on any atom is -0.398 e. The van der Waals surface area contributed by atoms with E-state index in [-0.39, 0.29) is 28.5 Å². The van der Waals surface area contributed by atoms with Crippen LogP contribution in [-0.4, -0.2) is 39.3 Å². The summed E-state index contributed by atoms with van der Waals surface area (Å²) in [5.74, 6) is -1.46. The lowest BCUT2D eigenvalue weighted by Crippen LogP contribution is -2.42. The molecule has 10 heteroatoms. The topological polar surface area (TPSA) is 137 Å². The van der Waals surface area contributed by atoms with Crippen LogP contribution in [0.5, 0.6) is 0 Å². The number of nitrogen functional groups attached to an aromatic ring is 1. The number of hydrogen-bond acceptors (Lipinski definition) is 7. The number of amides is 1. The van der Waals surface area contributed by atoms with Gasteiger partial charge in [0.2, 0.25) is 0 Å². The fourth-order valence-corrected chi connectivity index (χ4v) is 1.97. The van der Waals surface area contributed by atoms with Crippen LogP contribution in [0.1, 0.15) is 29.8 Å². The van der Waals surface area contributed by atoms with Gasteiger partial charge in [-0.2, -0.15) is 5.26 Å². The number of carbonyl (C=O) groups excluding carboxylic acids is 1. The Morgan fingerprint density at radius 2 is 2.11 bits per heavy atom. The molecule has 0 unspecified atom stereocenters. The highest BCUT2D eigenvalue weighted by Gasteiger charge is 2.27. The summed E-state index contributed by atoms with van der Waals surface area (Å²) >= 11 is 0. The van der Waals surface area contributed by atoms with Gasteiger partial charge in [0, 0.05) is 24.1 Å². The predicted molar refractivity (Wildman–Crippen MR) is 94.4 cm³/mol. The monoisotopic (exact) mass is 376 g/mol. The van der Waals surface area contributed by atoms with Gasteiger partial charge in [0.1, 0.15) is 18.1 Å². The molecular formula is C17H18F2N6O2. The Morgan fingerprint density at radius 3 is 2.67 bits per heavy atom. The second-order valence-corrected chi connectivity index (χ2v) is 6.28. The standard InChI is InChI=1S/C17H18F2N6O2/c1-17(2,27)13(19)8-24-16(26)10-7-22-14(4-12(10)21)25-15-11(18)3-9(5-20)6-23-15/h3-4,6-7,13,27H,8H2,1-2H3,(H,24,26)(H3,21,22,23,25)/t13-/m1/s1. The van der Waals surface area contributed by atoms with Gasteiger partial charge < -0.3 is 21.5 Å². The van der Waals surface area contributed by atoms with Crippen molar-refractivity contribution in [2.24, 2.45) is 0 Å². The molecule has 0 bridgehead atoms. The molecule has 27 heavy (non-hydrogen) atoms. The van der Waals surface area contributed by atoms with Crippen molar-refractivity contribution in [2.45, 2.75) is 25.6 Å². The smallest absolute Gasteiger partial charge is 0.255 e. The van der Waals surface area contributed by atoms with E-state index < -0.39 is 30.0 Å². The SMILES string of the molecule is CC(C)(O)[C@H](F)CNC(=O)c1cnc(Nc2ncc(C#N)cc2F)cc1N. The van der Waals surface area contributed by atoms with Crippen molar-refractivity contribution in [2.75, 3.05) is 17.6 Å². The summed E-state index contributed by atoms with van der Waals surface area (Å²) in [5.41, 5.74) is 4.30. The first-order valence-electron chi connectivity index (χ1n) is 7.84. The van der Waals surface area contributed by atoms with E-state index in [2.05, 4.69) is 20.6 Å². The average Bonchev–Trinajstić information content (AvgIpc) is 2.60. The first-order chi connectivity index (χ1) is 12.6. The molecule has 0 fully saturated rings. The number of anilines is 3.